The standard InChI is InChI=1S/C8H7F3O3/c1-5(12)4-6(8(9,10)11)2-3-7(13)14/h2-4,12H,1H2,(H,13,14)/b3-2-,6-4+. The summed E-state index contributed by atoms with van der Waals surface area (Å²) in [6, 6.07) is 0. The van der Waals surface area contributed by atoms with Crippen LogP contribution in [0.5, 0.6) is 0 Å². The minimum atomic E-state index is -4.72. The second kappa shape index (κ2) is 4.50. The van der Waals surface area contributed by atoms with Gasteiger partial charge in [-0.05, 0) is 12.2 Å². The molecule has 0 aliphatic heterocycles. The van der Waals surface area contributed by atoms with Crippen molar-refractivity contribution in [3.63, 3.8) is 0 Å². The Morgan fingerprint density at radius 3 is 2.00 bits per heavy atom. The van der Waals surface area contributed by atoms with Crippen molar-refractivity contribution >= 4 is 5.97 Å². The third-order valence-electron chi connectivity index (χ3n) is 1.05. The van der Waals surface area contributed by atoms with E-state index in [0.717, 1.165) is 0 Å². The van der Waals surface area contributed by atoms with Gasteiger partial charge in [-0.1, -0.05) is 6.58 Å². The van der Waals surface area contributed by atoms with Crippen molar-refractivity contribution in [2.24, 2.45) is 0 Å². The first-order valence-corrected chi connectivity index (χ1v) is 3.31. The molecule has 0 spiro atoms. The fourth-order valence-electron chi connectivity index (χ4n) is 0.565. The van der Waals surface area contributed by atoms with E-state index in [1.807, 2.05) is 0 Å². The highest BCUT2D eigenvalue weighted by Crippen LogP contribution is 2.27. The predicted octanol–water partition coefficient (Wildman–Crippen LogP) is 2.19. The van der Waals surface area contributed by atoms with Crippen molar-refractivity contribution < 1.29 is 28.2 Å². The van der Waals surface area contributed by atoms with E-state index in [0.29, 0.717) is 18.2 Å². The first-order chi connectivity index (χ1) is 6.23. The third-order valence-corrected chi connectivity index (χ3v) is 1.05. The number of carbonyl (C=O) groups is 1. The summed E-state index contributed by atoms with van der Waals surface area (Å²) in [6.07, 6.45) is -3.73. The van der Waals surface area contributed by atoms with E-state index >= 15 is 0 Å². The Bertz CT molecular complexity index is 299. The third kappa shape index (κ3) is 5.02. The number of aliphatic hydroxyl groups is 1. The van der Waals surface area contributed by atoms with Crippen molar-refractivity contribution in [2.75, 3.05) is 0 Å². The van der Waals surface area contributed by atoms with Gasteiger partial charge in [0.05, 0.1) is 5.57 Å². The second-order valence-electron chi connectivity index (χ2n) is 2.26. The molecular formula is C8H7F3O3. The normalized spacial score (nSPS) is 13.2. The molecule has 6 heteroatoms. The molecule has 0 heterocycles. The van der Waals surface area contributed by atoms with Crippen molar-refractivity contribution in [1.82, 2.24) is 0 Å². The topological polar surface area (TPSA) is 57.5 Å². The van der Waals surface area contributed by atoms with Crippen LogP contribution in [0.2, 0.25) is 0 Å². The van der Waals surface area contributed by atoms with E-state index in [2.05, 4.69) is 6.58 Å². The van der Waals surface area contributed by atoms with E-state index in [1.54, 1.807) is 0 Å². The lowest BCUT2D eigenvalue weighted by Crippen LogP contribution is -2.10. The Morgan fingerprint density at radius 1 is 1.21 bits per heavy atom. The molecular weight excluding hydrogens is 201 g/mol. The molecule has 78 valence electrons. The number of aliphatic hydroxyl groups excluding tert-OH is 1. The van der Waals surface area contributed by atoms with Gasteiger partial charge in [0.25, 0.3) is 0 Å². The minimum Gasteiger partial charge on any atom is -0.509 e. The number of allylic oxidation sites excluding steroid dienone is 3. The van der Waals surface area contributed by atoms with Gasteiger partial charge in [0.1, 0.15) is 5.76 Å². The number of rotatable bonds is 3. The number of aliphatic carboxylic acids is 1. The molecule has 0 saturated heterocycles. The van der Waals surface area contributed by atoms with Crippen LogP contribution in [0.3, 0.4) is 0 Å². The second-order valence-corrected chi connectivity index (χ2v) is 2.26. The molecule has 0 rings (SSSR count). The minimum absolute atomic E-state index is 0.322. The number of halogens is 3. The molecule has 0 atom stereocenters. The lowest BCUT2D eigenvalue weighted by atomic mass is 10.2. The molecule has 3 nitrogen and oxygen atoms in total. The molecule has 0 aliphatic rings. The van der Waals surface area contributed by atoms with Gasteiger partial charge in [-0.3, -0.25) is 0 Å². The molecule has 2 N–H and O–H groups in total. The molecule has 0 fully saturated rings. The highest BCUT2D eigenvalue weighted by molar-refractivity contribution is 5.80. The van der Waals surface area contributed by atoms with Crippen molar-refractivity contribution in [1.29, 1.82) is 0 Å². The Balaban J connectivity index is 4.94. The molecule has 0 unspecified atom stereocenters. The molecule has 0 bridgehead atoms. The Labute approximate surface area is 77.5 Å². The van der Waals surface area contributed by atoms with E-state index < -0.39 is 23.5 Å². The molecule has 0 aromatic rings. The molecule has 0 aromatic heterocycles. The van der Waals surface area contributed by atoms with Gasteiger partial charge in [0.2, 0.25) is 0 Å². The molecule has 14 heavy (non-hydrogen) atoms. The van der Waals surface area contributed by atoms with Crippen molar-refractivity contribution in [3.8, 4) is 0 Å². The summed E-state index contributed by atoms with van der Waals surface area (Å²) < 4.78 is 36.2. The molecule has 0 saturated carbocycles. The first kappa shape index (κ1) is 12.3. The van der Waals surface area contributed by atoms with Crippen LogP contribution in [0.4, 0.5) is 13.2 Å². The maximum absolute atomic E-state index is 12.1. The van der Waals surface area contributed by atoms with Gasteiger partial charge in [-0.25, -0.2) is 4.79 Å². The van der Waals surface area contributed by atoms with Crippen LogP contribution < -0.4 is 0 Å². The summed E-state index contributed by atoms with van der Waals surface area (Å²) in [6.45, 7) is 2.83. The molecule has 0 aliphatic carbocycles. The summed E-state index contributed by atoms with van der Waals surface area (Å²) in [5.41, 5.74) is -1.28. The summed E-state index contributed by atoms with van der Waals surface area (Å²) >= 11 is 0. The zero-order chi connectivity index (χ0) is 11.4. The molecule has 0 aromatic carbocycles. The van der Waals surface area contributed by atoms with E-state index in [4.69, 9.17) is 10.2 Å². The number of hydrogen-bond donors (Lipinski definition) is 2. The van der Waals surface area contributed by atoms with E-state index in [9.17, 15) is 18.0 Å². The smallest absolute Gasteiger partial charge is 0.416 e. The zero-order valence-corrected chi connectivity index (χ0v) is 6.88. The Kier molecular flexibility index (Phi) is 3.95. The van der Waals surface area contributed by atoms with Gasteiger partial charge in [-0.15, -0.1) is 0 Å². The monoisotopic (exact) mass is 208 g/mol. The number of carboxylic acids is 1. The Morgan fingerprint density at radius 2 is 1.71 bits per heavy atom. The summed E-state index contributed by atoms with van der Waals surface area (Å²) in [7, 11) is 0. The van der Waals surface area contributed by atoms with Gasteiger partial charge in [0, 0.05) is 6.08 Å². The predicted molar refractivity (Wildman–Crippen MR) is 42.7 cm³/mol. The maximum atomic E-state index is 12.1. The summed E-state index contributed by atoms with van der Waals surface area (Å²) in [4.78, 5) is 9.95. The fourth-order valence-corrected chi connectivity index (χ4v) is 0.565. The average Bonchev–Trinajstić information content (AvgIpc) is 1.94. The summed E-state index contributed by atoms with van der Waals surface area (Å²) in [5, 5.41) is 16.6. The highest BCUT2D eigenvalue weighted by Gasteiger charge is 2.31. The average molecular weight is 208 g/mol. The van der Waals surface area contributed by atoms with Crippen LogP contribution in [0.25, 0.3) is 0 Å². The van der Waals surface area contributed by atoms with Gasteiger partial charge in [-0.2, -0.15) is 13.2 Å². The number of alkyl halides is 3. The molecule has 0 amide bonds. The lowest BCUT2D eigenvalue weighted by Gasteiger charge is -2.06. The maximum Gasteiger partial charge on any atom is 0.416 e. The molecule has 0 radical (unpaired) electrons. The highest BCUT2D eigenvalue weighted by atomic mass is 19.4. The van der Waals surface area contributed by atoms with Crippen molar-refractivity contribution in [3.05, 3.63) is 36.1 Å². The number of carboxylic acid groups (broad SMARTS) is 1. The Hall–Kier alpha value is -1.72. The van der Waals surface area contributed by atoms with E-state index in [-0.39, 0.29) is 0 Å². The van der Waals surface area contributed by atoms with Crippen LogP contribution in [-0.4, -0.2) is 22.4 Å². The van der Waals surface area contributed by atoms with Gasteiger partial charge < -0.3 is 10.2 Å². The largest absolute Gasteiger partial charge is 0.509 e. The zero-order valence-electron chi connectivity index (χ0n) is 6.88. The quantitative estimate of drug-likeness (QED) is 0.424. The SMILES string of the molecule is C=C(O)/C=C(\C=C/C(=O)O)C(F)(F)F. The first-order valence-electron chi connectivity index (χ1n) is 3.31. The van der Waals surface area contributed by atoms with Crippen molar-refractivity contribution in [2.45, 2.75) is 6.18 Å². The van der Waals surface area contributed by atoms with Crippen LogP contribution >= 0.6 is 0 Å². The van der Waals surface area contributed by atoms with Crippen LogP contribution in [0, 0.1) is 0 Å². The van der Waals surface area contributed by atoms with Gasteiger partial charge in [0.15, 0.2) is 0 Å². The van der Waals surface area contributed by atoms with Crippen LogP contribution in [0.15, 0.2) is 36.1 Å². The van der Waals surface area contributed by atoms with E-state index in [1.165, 1.54) is 0 Å². The fraction of sp³-hybridized carbons (Fsp3) is 0.125. The van der Waals surface area contributed by atoms with Crippen LogP contribution in [0.1, 0.15) is 0 Å². The summed E-state index contributed by atoms with van der Waals surface area (Å²) in [5.74, 6) is -2.31. The van der Waals surface area contributed by atoms with Crippen LogP contribution in [-0.2, 0) is 4.79 Å². The lowest BCUT2D eigenvalue weighted by molar-refractivity contribution is -0.131. The number of hydrogen-bond acceptors (Lipinski definition) is 2. The van der Waals surface area contributed by atoms with Gasteiger partial charge >= 0.3 is 12.1 Å².